The van der Waals surface area contributed by atoms with Crippen molar-refractivity contribution in [3.63, 3.8) is 0 Å². The normalized spacial score (nSPS) is 18.1. The van der Waals surface area contributed by atoms with E-state index in [4.69, 9.17) is 0 Å². The number of Topliss-reactive ketones (excluding diaryl/α,β-unsaturated/α-hetero) is 1. The maximum absolute atomic E-state index is 13.2. The van der Waals surface area contributed by atoms with E-state index < -0.39 is 17.7 Å². The number of pyridine rings is 1. The highest BCUT2D eigenvalue weighted by Crippen LogP contribution is 2.43. The number of benzene rings is 1. The summed E-state index contributed by atoms with van der Waals surface area (Å²) in [4.78, 5) is 32.2. The van der Waals surface area contributed by atoms with Crippen molar-refractivity contribution in [2.45, 2.75) is 26.8 Å². The zero-order valence-corrected chi connectivity index (χ0v) is 18.4. The average molecular weight is 446 g/mol. The van der Waals surface area contributed by atoms with Crippen molar-refractivity contribution in [3.05, 3.63) is 81.8 Å². The summed E-state index contributed by atoms with van der Waals surface area (Å²) in [6, 6.07) is 12.1. The molecule has 0 radical (unpaired) electrons. The van der Waals surface area contributed by atoms with Gasteiger partial charge in [-0.25, -0.2) is 4.98 Å². The summed E-state index contributed by atoms with van der Waals surface area (Å²) in [5, 5.41) is 20.4. The molecule has 4 heterocycles. The number of aliphatic hydroxyl groups is 1. The fourth-order valence-corrected chi connectivity index (χ4v) is 4.75. The Kier molecular flexibility index (Phi) is 4.63. The molecule has 1 fully saturated rings. The van der Waals surface area contributed by atoms with Crippen LogP contribution in [-0.2, 0) is 9.59 Å². The van der Waals surface area contributed by atoms with Crippen molar-refractivity contribution in [3.8, 4) is 0 Å². The molecular weight excluding hydrogens is 426 g/mol. The summed E-state index contributed by atoms with van der Waals surface area (Å²) >= 11 is 1.21. The van der Waals surface area contributed by atoms with Gasteiger partial charge in [0.1, 0.15) is 16.3 Å². The van der Waals surface area contributed by atoms with Crippen LogP contribution in [0, 0.1) is 20.8 Å². The second-order valence-electron chi connectivity index (χ2n) is 7.61. The lowest BCUT2D eigenvalue weighted by atomic mass is 9.96. The smallest absolute Gasteiger partial charge is 0.301 e. The van der Waals surface area contributed by atoms with Crippen molar-refractivity contribution in [2.24, 2.45) is 0 Å². The highest BCUT2D eigenvalue weighted by atomic mass is 32.1. The first-order valence-electron chi connectivity index (χ1n) is 9.99. The van der Waals surface area contributed by atoms with Crippen LogP contribution in [0.15, 0.2) is 54.2 Å². The third-order valence-electron chi connectivity index (χ3n) is 5.59. The van der Waals surface area contributed by atoms with Gasteiger partial charge in [0, 0.05) is 6.20 Å². The molecule has 0 aliphatic carbocycles. The number of hydrogen-bond donors (Lipinski definition) is 1. The molecule has 5 rings (SSSR count). The Labute approximate surface area is 187 Å². The third kappa shape index (κ3) is 2.93. The molecule has 3 aromatic heterocycles. The Morgan fingerprint density at radius 1 is 1.03 bits per heavy atom. The van der Waals surface area contributed by atoms with E-state index in [1.54, 1.807) is 6.92 Å². The molecule has 8 nitrogen and oxygen atoms in total. The fourth-order valence-electron chi connectivity index (χ4n) is 4.04. The summed E-state index contributed by atoms with van der Waals surface area (Å²) < 4.78 is 1.85. The van der Waals surface area contributed by atoms with Crippen LogP contribution in [0.4, 0.5) is 5.13 Å². The van der Waals surface area contributed by atoms with Crippen LogP contribution >= 0.6 is 11.3 Å². The molecule has 4 aromatic rings. The molecule has 0 spiro atoms. The van der Waals surface area contributed by atoms with E-state index in [0.29, 0.717) is 27.0 Å². The molecule has 1 N–H and O–H groups in total. The minimum Gasteiger partial charge on any atom is -0.505 e. The minimum atomic E-state index is -0.839. The van der Waals surface area contributed by atoms with Crippen molar-refractivity contribution >= 4 is 39.6 Å². The number of aliphatic hydroxyl groups excluding tert-OH is 1. The highest BCUT2D eigenvalue weighted by Gasteiger charge is 2.48. The average Bonchev–Trinajstić information content (AvgIpc) is 3.44. The number of anilines is 1. The van der Waals surface area contributed by atoms with Gasteiger partial charge >= 0.3 is 5.91 Å². The Balaban J connectivity index is 1.77. The summed E-state index contributed by atoms with van der Waals surface area (Å²) in [6.07, 6.45) is 1.85. The molecule has 1 unspecified atom stereocenters. The predicted octanol–water partition coefficient (Wildman–Crippen LogP) is 3.74. The van der Waals surface area contributed by atoms with Gasteiger partial charge in [0.15, 0.2) is 5.76 Å². The fraction of sp³-hybridized carbons (Fsp3) is 0.174. The summed E-state index contributed by atoms with van der Waals surface area (Å²) in [7, 11) is 0. The summed E-state index contributed by atoms with van der Waals surface area (Å²) in [5.74, 6) is -1.84. The molecule has 1 amide bonds. The predicted molar refractivity (Wildman–Crippen MR) is 121 cm³/mol. The number of aromatic nitrogens is 4. The number of nitrogens with zero attached hydrogens (tertiary/aromatic N) is 5. The molecule has 1 aromatic carbocycles. The van der Waals surface area contributed by atoms with Gasteiger partial charge in [-0.3, -0.25) is 14.5 Å². The van der Waals surface area contributed by atoms with Gasteiger partial charge in [0.2, 0.25) is 5.13 Å². The van der Waals surface area contributed by atoms with E-state index in [0.717, 1.165) is 5.56 Å². The third-order valence-corrected chi connectivity index (χ3v) is 6.43. The molecule has 9 heteroatoms. The van der Waals surface area contributed by atoms with Gasteiger partial charge in [-0.05, 0) is 38.0 Å². The molecule has 0 saturated carbocycles. The number of carbonyl (C=O) groups excluding carboxylic acids is 2. The molecule has 1 aliphatic heterocycles. The lowest BCUT2D eigenvalue weighted by molar-refractivity contribution is -0.132. The monoisotopic (exact) mass is 445 g/mol. The standard InChI is InChI=1S/C23H19N5O3S/c1-12-8-7-11-27-13(2)17(24-21(12)27)19(29)16-18(15-9-5-4-6-10-15)28(22(31)20(16)30)23-26-25-14(3)32-23/h4-11,18,29H,1-3H3. The van der Waals surface area contributed by atoms with Gasteiger partial charge in [0.05, 0.1) is 17.3 Å². The van der Waals surface area contributed by atoms with Gasteiger partial charge < -0.3 is 9.51 Å². The van der Waals surface area contributed by atoms with Crippen LogP contribution in [0.1, 0.15) is 33.6 Å². The van der Waals surface area contributed by atoms with Gasteiger partial charge in [0.25, 0.3) is 5.78 Å². The van der Waals surface area contributed by atoms with Crippen molar-refractivity contribution in [1.29, 1.82) is 0 Å². The molecule has 32 heavy (non-hydrogen) atoms. The van der Waals surface area contributed by atoms with E-state index in [1.807, 2.05) is 66.9 Å². The lowest BCUT2D eigenvalue weighted by Crippen LogP contribution is -2.29. The van der Waals surface area contributed by atoms with Crippen LogP contribution in [-0.4, -0.2) is 36.4 Å². The number of rotatable bonds is 3. The van der Waals surface area contributed by atoms with E-state index in [9.17, 15) is 14.7 Å². The Bertz CT molecular complexity index is 1420. The lowest BCUT2D eigenvalue weighted by Gasteiger charge is -2.22. The van der Waals surface area contributed by atoms with Crippen LogP contribution in [0.3, 0.4) is 0 Å². The van der Waals surface area contributed by atoms with Crippen molar-refractivity contribution in [1.82, 2.24) is 19.6 Å². The largest absolute Gasteiger partial charge is 0.505 e. The number of ketones is 1. The van der Waals surface area contributed by atoms with Crippen LogP contribution in [0.5, 0.6) is 0 Å². The van der Waals surface area contributed by atoms with E-state index in [-0.39, 0.29) is 17.0 Å². The van der Waals surface area contributed by atoms with Crippen LogP contribution in [0.2, 0.25) is 0 Å². The number of amides is 1. The molecule has 1 atom stereocenters. The first-order chi connectivity index (χ1) is 15.4. The summed E-state index contributed by atoms with van der Waals surface area (Å²) in [6.45, 7) is 5.51. The SMILES string of the molecule is Cc1nnc(N2C(=O)C(=O)C(=C(O)c3nc4c(C)cccn4c3C)C2c2ccccc2)s1. The Morgan fingerprint density at radius 2 is 1.78 bits per heavy atom. The number of hydrogen-bond acceptors (Lipinski definition) is 7. The maximum atomic E-state index is 13.2. The van der Waals surface area contributed by atoms with E-state index >= 15 is 0 Å². The Hall–Kier alpha value is -3.85. The molecule has 1 saturated heterocycles. The zero-order valence-electron chi connectivity index (χ0n) is 17.6. The van der Waals surface area contributed by atoms with Gasteiger partial charge in [-0.15, -0.1) is 10.2 Å². The molecular formula is C23H19N5O3S. The van der Waals surface area contributed by atoms with Crippen molar-refractivity contribution in [2.75, 3.05) is 4.90 Å². The Morgan fingerprint density at radius 3 is 2.44 bits per heavy atom. The highest BCUT2D eigenvalue weighted by molar-refractivity contribution is 7.15. The minimum absolute atomic E-state index is 0.0155. The van der Waals surface area contributed by atoms with Crippen molar-refractivity contribution < 1.29 is 14.7 Å². The topological polar surface area (TPSA) is 101 Å². The van der Waals surface area contributed by atoms with Crippen LogP contribution < -0.4 is 4.90 Å². The molecule has 160 valence electrons. The second kappa shape index (κ2) is 7.38. The number of fused-ring (bicyclic) bond motifs is 1. The van der Waals surface area contributed by atoms with Gasteiger partial charge in [-0.1, -0.05) is 47.7 Å². The first kappa shape index (κ1) is 20.1. The first-order valence-corrected chi connectivity index (χ1v) is 10.8. The van der Waals surface area contributed by atoms with Crippen LogP contribution in [0.25, 0.3) is 11.4 Å². The second-order valence-corrected chi connectivity index (χ2v) is 8.77. The molecule has 0 bridgehead atoms. The van der Waals surface area contributed by atoms with E-state index in [2.05, 4.69) is 15.2 Å². The van der Waals surface area contributed by atoms with E-state index in [1.165, 1.54) is 16.2 Å². The maximum Gasteiger partial charge on any atom is 0.301 e. The zero-order chi connectivity index (χ0) is 22.6. The number of carbonyl (C=O) groups is 2. The number of imidazole rings is 1. The number of aryl methyl sites for hydroxylation is 3. The summed E-state index contributed by atoms with van der Waals surface area (Å²) in [5.41, 5.74) is 3.21. The van der Waals surface area contributed by atoms with Gasteiger partial charge in [-0.2, -0.15) is 0 Å². The molecule has 1 aliphatic rings. The quantitative estimate of drug-likeness (QED) is 0.293.